The molecule has 0 fully saturated rings. The summed E-state index contributed by atoms with van der Waals surface area (Å²) in [6.07, 6.45) is 3.09. The highest BCUT2D eigenvalue weighted by Crippen LogP contribution is 2.18. The second-order valence-corrected chi connectivity index (χ2v) is 10.0. The Hall–Kier alpha value is -4.35. The topological polar surface area (TPSA) is 142 Å². The van der Waals surface area contributed by atoms with Crippen molar-refractivity contribution in [3.05, 3.63) is 41.6 Å². The standard InChI is InChI=1S/C29H39N7O4/c1-21(36(5)28(38)40-29(2,3)4)26(37)32-16-9-7-8-11-23-20-33-27(35-25(23)31-17-10-18-39-6)34-24-14-12-22(19-30)13-15-24/h12-15,20-21H,7,9-10,16-18H2,1-6H3,(H,32,37)(H2,31,33,34,35)/t21-/m0/s1. The summed E-state index contributed by atoms with van der Waals surface area (Å²) in [6.45, 7) is 8.68. The van der Waals surface area contributed by atoms with Crippen LogP contribution < -0.4 is 16.0 Å². The molecule has 1 aromatic carbocycles. The summed E-state index contributed by atoms with van der Waals surface area (Å²) in [5.74, 6) is 6.96. The number of hydrogen-bond donors (Lipinski definition) is 3. The van der Waals surface area contributed by atoms with Crippen molar-refractivity contribution in [2.45, 2.75) is 58.6 Å². The van der Waals surface area contributed by atoms with Crippen LogP contribution in [0.3, 0.4) is 0 Å². The van der Waals surface area contributed by atoms with Gasteiger partial charge in [0, 0.05) is 46.0 Å². The molecule has 11 heteroatoms. The van der Waals surface area contributed by atoms with Gasteiger partial charge in [0.15, 0.2) is 0 Å². The number of rotatable bonds is 12. The van der Waals surface area contributed by atoms with Crippen molar-refractivity contribution in [3.8, 4) is 17.9 Å². The van der Waals surface area contributed by atoms with Gasteiger partial charge in [-0.1, -0.05) is 11.8 Å². The van der Waals surface area contributed by atoms with Gasteiger partial charge in [-0.2, -0.15) is 10.2 Å². The molecule has 0 aliphatic heterocycles. The first kappa shape index (κ1) is 31.9. The number of aromatic nitrogens is 2. The van der Waals surface area contributed by atoms with E-state index in [-0.39, 0.29) is 5.91 Å². The number of nitrogens with one attached hydrogen (secondary N) is 3. The van der Waals surface area contributed by atoms with Gasteiger partial charge in [0.25, 0.3) is 0 Å². The molecule has 0 aliphatic carbocycles. The van der Waals surface area contributed by atoms with E-state index in [1.165, 1.54) is 11.9 Å². The number of ether oxygens (including phenoxy) is 2. The zero-order valence-electron chi connectivity index (χ0n) is 24.1. The Kier molecular flexibility index (Phi) is 12.7. The van der Waals surface area contributed by atoms with Crippen molar-refractivity contribution in [1.82, 2.24) is 20.2 Å². The first-order valence-corrected chi connectivity index (χ1v) is 13.1. The van der Waals surface area contributed by atoms with Gasteiger partial charge in [-0.25, -0.2) is 9.78 Å². The molecule has 0 bridgehead atoms. The van der Waals surface area contributed by atoms with E-state index in [1.807, 2.05) is 0 Å². The van der Waals surface area contributed by atoms with Crippen LogP contribution in [-0.4, -0.2) is 72.4 Å². The maximum absolute atomic E-state index is 12.4. The average molecular weight is 550 g/mol. The summed E-state index contributed by atoms with van der Waals surface area (Å²) in [7, 11) is 3.20. The van der Waals surface area contributed by atoms with E-state index in [9.17, 15) is 9.59 Å². The van der Waals surface area contributed by atoms with E-state index >= 15 is 0 Å². The molecule has 214 valence electrons. The van der Waals surface area contributed by atoms with Crippen LogP contribution in [-0.2, 0) is 14.3 Å². The number of nitrogens with zero attached hydrogens (tertiary/aromatic N) is 4. The van der Waals surface area contributed by atoms with Crippen molar-refractivity contribution in [2.24, 2.45) is 0 Å². The predicted molar refractivity (Wildman–Crippen MR) is 154 cm³/mol. The molecule has 2 aromatic rings. The van der Waals surface area contributed by atoms with E-state index in [0.29, 0.717) is 55.4 Å². The zero-order chi connectivity index (χ0) is 29.5. The van der Waals surface area contributed by atoms with Crippen LogP contribution in [0.4, 0.5) is 22.2 Å². The van der Waals surface area contributed by atoms with Crippen molar-refractivity contribution >= 4 is 29.5 Å². The molecule has 0 saturated carbocycles. The largest absolute Gasteiger partial charge is 0.444 e. The lowest BCUT2D eigenvalue weighted by molar-refractivity contribution is -0.125. The number of likely N-dealkylation sites (N-methyl/N-ethyl adjacent to an activating group) is 1. The quantitative estimate of drug-likeness (QED) is 0.264. The molecule has 0 aliphatic rings. The maximum atomic E-state index is 12.4. The van der Waals surface area contributed by atoms with Crippen molar-refractivity contribution < 1.29 is 19.1 Å². The fraction of sp³-hybridized carbons (Fsp3) is 0.483. The minimum absolute atomic E-state index is 0.261. The third-order valence-corrected chi connectivity index (χ3v) is 5.52. The molecule has 40 heavy (non-hydrogen) atoms. The first-order chi connectivity index (χ1) is 19.0. The van der Waals surface area contributed by atoms with Gasteiger partial charge >= 0.3 is 6.09 Å². The third-order valence-electron chi connectivity index (χ3n) is 5.52. The van der Waals surface area contributed by atoms with Gasteiger partial charge in [-0.3, -0.25) is 9.69 Å². The number of carbonyl (C=O) groups is 2. The monoisotopic (exact) mass is 549 g/mol. The summed E-state index contributed by atoms with van der Waals surface area (Å²) in [5.41, 5.74) is 1.35. The van der Waals surface area contributed by atoms with Gasteiger partial charge in [-0.15, -0.1) is 0 Å². The molecule has 0 unspecified atom stereocenters. The second kappa shape index (κ2) is 15.9. The van der Waals surface area contributed by atoms with Crippen molar-refractivity contribution in [1.29, 1.82) is 5.26 Å². The molecule has 0 spiro atoms. The molecule has 0 radical (unpaired) electrons. The smallest absolute Gasteiger partial charge is 0.410 e. The van der Waals surface area contributed by atoms with Crippen LogP contribution in [0.15, 0.2) is 30.5 Å². The van der Waals surface area contributed by atoms with Crippen LogP contribution in [0.25, 0.3) is 0 Å². The van der Waals surface area contributed by atoms with E-state index in [0.717, 1.165) is 12.1 Å². The fourth-order valence-corrected chi connectivity index (χ4v) is 3.21. The number of benzene rings is 1. The lowest BCUT2D eigenvalue weighted by Crippen LogP contribution is -2.47. The Morgan fingerprint density at radius 3 is 2.52 bits per heavy atom. The highest BCUT2D eigenvalue weighted by atomic mass is 16.6. The summed E-state index contributed by atoms with van der Waals surface area (Å²) in [4.78, 5) is 34.9. The molecule has 1 aromatic heterocycles. The molecule has 1 atom stereocenters. The number of amides is 2. The predicted octanol–water partition coefficient (Wildman–Crippen LogP) is 4.04. The number of carbonyl (C=O) groups excluding carboxylic acids is 2. The van der Waals surface area contributed by atoms with Gasteiger partial charge in [0.1, 0.15) is 17.5 Å². The Balaban J connectivity index is 1.94. The average Bonchev–Trinajstić information content (AvgIpc) is 2.92. The van der Waals surface area contributed by atoms with Crippen LogP contribution >= 0.6 is 0 Å². The van der Waals surface area contributed by atoms with Crippen molar-refractivity contribution in [3.63, 3.8) is 0 Å². The second-order valence-electron chi connectivity index (χ2n) is 10.0. The minimum Gasteiger partial charge on any atom is -0.444 e. The molecular weight excluding hydrogens is 510 g/mol. The Bertz CT molecular complexity index is 1220. The molecular formula is C29H39N7O4. The Labute approximate surface area is 236 Å². The number of anilines is 3. The lowest BCUT2D eigenvalue weighted by atomic mass is 10.2. The summed E-state index contributed by atoms with van der Waals surface area (Å²) < 4.78 is 10.4. The van der Waals surface area contributed by atoms with Crippen LogP contribution in [0, 0.1) is 23.2 Å². The van der Waals surface area contributed by atoms with Crippen LogP contribution in [0.5, 0.6) is 0 Å². The Morgan fingerprint density at radius 2 is 1.88 bits per heavy atom. The van der Waals surface area contributed by atoms with E-state index in [1.54, 1.807) is 65.3 Å². The molecule has 1 heterocycles. The summed E-state index contributed by atoms with van der Waals surface area (Å²) >= 11 is 0. The van der Waals surface area contributed by atoms with Gasteiger partial charge in [0.05, 0.1) is 23.4 Å². The van der Waals surface area contributed by atoms with E-state index in [2.05, 4.69) is 43.8 Å². The Morgan fingerprint density at radius 1 is 1.15 bits per heavy atom. The molecule has 11 nitrogen and oxygen atoms in total. The number of nitriles is 1. The zero-order valence-corrected chi connectivity index (χ0v) is 24.1. The van der Waals surface area contributed by atoms with Crippen LogP contribution in [0.1, 0.15) is 58.1 Å². The van der Waals surface area contributed by atoms with Gasteiger partial charge in [0.2, 0.25) is 11.9 Å². The fourth-order valence-electron chi connectivity index (χ4n) is 3.21. The molecule has 3 N–H and O–H groups in total. The van der Waals surface area contributed by atoms with E-state index in [4.69, 9.17) is 14.7 Å². The van der Waals surface area contributed by atoms with Crippen LogP contribution in [0.2, 0.25) is 0 Å². The highest BCUT2D eigenvalue weighted by molar-refractivity contribution is 5.85. The summed E-state index contributed by atoms with van der Waals surface area (Å²) in [5, 5.41) is 18.2. The van der Waals surface area contributed by atoms with Crippen molar-refractivity contribution in [2.75, 3.05) is 44.5 Å². The van der Waals surface area contributed by atoms with E-state index < -0.39 is 17.7 Å². The molecule has 2 rings (SSSR count). The molecule has 2 amide bonds. The number of hydrogen-bond acceptors (Lipinski definition) is 9. The van der Waals surface area contributed by atoms with Gasteiger partial charge < -0.3 is 25.4 Å². The number of unbranched alkanes of at least 4 members (excludes halogenated alkanes) is 1. The third kappa shape index (κ3) is 11.2. The minimum atomic E-state index is -0.666. The summed E-state index contributed by atoms with van der Waals surface area (Å²) in [6, 6.07) is 8.44. The lowest BCUT2D eigenvalue weighted by Gasteiger charge is -2.28. The molecule has 0 saturated heterocycles. The van der Waals surface area contributed by atoms with Gasteiger partial charge in [-0.05, 0) is 64.8 Å². The number of methoxy groups -OCH3 is 1. The normalized spacial score (nSPS) is 11.3. The highest BCUT2D eigenvalue weighted by Gasteiger charge is 2.26. The first-order valence-electron chi connectivity index (χ1n) is 13.1. The SMILES string of the molecule is COCCCNc1nc(Nc2ccc(C#N)cc2)ncc1C#CCCCNC(=O)[C@H](C)N(C)C(=O)OC(C)(C)C. The maximum Gasteiger partial charge on any atom is 0.410 e.